The Balaban J connectivity index is 2.23. The van der Waals surface area contributed by atoms with Gasteiger partial charge in [0, 0.05) is 0 Å². The summed E-state index contributed by atoms with van der Waals surface area (Å²) in [6.45, 7) is 17.5. The molecule has 0 heterocycles. The summed E-state index contributed by atoms with van der Waals surface area (Å²) in [7, 11) is 0. The maximum Gasteiger partial charge on any atom is -0.0350 e. The van der Waals surface area contributed by atoms with Crippen LogP contribution in [0.15, 0.2) is 0 Å². The van der Waals surface area contributed by atoms with E-state index in [0.717, 1.165) is 53.3 Å². The van der Waals surface area contributed by atoms with Gasteiger partial charge in [0.1, 0.15) is 0 Å². The number of rotatable bonds is 5. The monoisotopic (exact) mass is 320 g/mol. The molecule has 0 aromatic heterocycles. The van der Waals surface area contributed by atoms with Crippen LogP contribution in [0.3, 0.4) is 0 Å². The van der Waals surface area contributed by atoms with Crippen LogP contribution in [0.2, 0.25) is 0 Å². The average Bonchev–Trinajstić information content (AvgIpc) is 2.47. The fourth-order valence-electron chi connectivity index (χ4n) is 6.46. The Bertz CT molecular complexity index is 310. The van der Waals surface area contributed by atoms with Crippen molar-refractivity contribution in [1.29, 1.82) is 0 Å². The van der Waals surface area contributed by atoms with Crippen LogP contribution in [-0.4, -0.2) is 0 Å². The molecule has 0 aromatic rings. The third-order valence-corrected chi connectivity index (χ3v) is 7.72. The molecule has 0 heteroatoms. The first-order valence-electron chi connectivity index (χ1n) is 10.8. The lowest BCUT2D eigenvalue weighted by atomic mass is 9.56. The summed E-state index contributed by atoms with van der Waals surface area (Å²) in [6, 6.07) is 0. The minimum absolute atomic E-state index is 0.875. The van der Waals surface area contributed by atoms with Crippen LogP contribution in [0.5, 0.6) is 0 Å². The molecule has 0 spiro atoms. The molecule has 0 aromatic carbocycles. The van der Waals surface area contributed by atoms with E-state index in [1.807, 2.05) is 0 Å². The predicted molar refractivity (Wildman–Crippen MR) is 103 cm³/mol. The van der Waals surface area contributed by atoms with Gasteiger partial charge in [-0.1, -0.05) is 67.7 Å². The molecule has 23 heavy (non-hydrogen) atoms. The van der Waals surface area contributed by atoms with Crippen LogP contribution in [0.1, 0.15) is 93.4 Å². The smallest absolute Gasteiger partial charge is 0.0350 e. The zero-order chi connectivity index (χ0) is 17.1. The van der Waals surface area contributed by atoms with Gasteiger partial charge >= 0.3 is 0 Å². The van der Waals surface area contributed by atoms with Gasteiger partial charge in [-0.2, -0.15) is 0 Å². The quantitative estimate of drug-likeness (QED) is 0.494. The van der Waals surface area contributed by atoms with Crippen molar-refractivity contribution in [1.82, 2.24) is 0 Å². The Labute approximate surface area is 147 Å². The highest BCUT2D eigenvalue weighted by Crippen LogP contribution is 2.51. The van der Waals surface area contributed by atoms with Crippen LogP contribution >= 0.6 is 0 Å². The fourth-order valence-corrected chi connectivity index (χ4v) is 6.46. The van der Waals surface area contributed by atoms with Crippen LogP contribution in [-0.2, 0) is 0 Å². The Morgan fingerprint density at radius 2 is 1.04 bits per heavy atom. The highest BCUT2D eigenvalue weighted by molar-refractivity contribution is 4.92. The summed E-state index contributed by atoms with van der Waals surface area (Å²) in [5, 5.41) is 0. The van der Waals surface area contributed by atoms with E-state index in [9.17, 15) is 0 Å². The average molecular weight is 321 g/mol. The van der Waals surface area contributed by atoms with Gasteiger partial charge in [-0.3, -0.25) is 0 Å². The van der Waals surface area contributed by atoms with Crippen LogP contribution < -0.4 is 0 Å². The second kappa shape index (κ2) is 8.39. The maximum atomic E-state index is 2.51. The molecule has 136 valence electrons. The first kappa shape index (κ1) is 19.3. The first-order valence-corrected chi connectivity index (χ1v) is 10.8. The van der Waals surface area contributed by atoms with E-state index >= 15 is 0 Å². The molecule has 0 aliphatic heterocycles. The van der Waals surface area contributed by atoms with Crippen LogP contribution in [0, 0.1) is 53.3 Å². The normalized spacial score (nSPS) is 40.6. The third kappa shape index (κ3) is 4.55. The summed E-state index contributed by atoms with van der Waals surface area (Å²) in [6.07, 6.45) is 10.4. The summed E-state index contributed by atoms with van der Waals surface area (Å²) in [4.78, 5) is 0. The lowest BCUT2D eigenvalue weighted by Gasteiger charge is -2.49. The van der Waals surface area contributed by atoms with Crippen molar-refractivity contribution in [2.75, 3.05) is 0 Å². The molecule has 6 atom stereocenters. The largest absolute Gasteiger partial charge is 0.0651 e. The lowest BCUT2D eigenvalue weighted by Crippen LogP contribution is -2.41. The topological polar surface area (TPSA) is 0 Å². The fraction of sp³-hybridized carbons (Fsp3) is 1.00. The highest BCUT2D eigenvalue weighted by atomic mass is 14.5. The van der Waals surface area contributed by atoms with Gasteiger partial charge in [0.15, 0.2) is 0 Å². The summed E-state index contributed by atoms with van der Waals surface area (Å²) in [5.41, 5.74) is 0. The molecular weight excluding hydrogens is 276 g/mol. The molecule has 6 unspecified atom stereocenters. The Hall–Kier alpha value is 0. The van der Waals surface area contributed by atoms with E-state index in [1.165, 1.54) is 44.9 Å². The zero-order valence-electron chi connectivity index (χ0n) is 17.1. The molecule has 0 radical (unpaired) electrons. The van der Waals surface area contributed by atoms with Crippen molar-refractivity contribution in [3.05, 3.63) is 0 Å². The summed E-state index contributed by atoms with van der Waals surface area (Å²) in [5.74, 6) is 8.63. The molecule has 2 aliphatic rings. The van der Waals surface area contributed by atoms with Crippen molar-refractivity contribution < 1.29 is 0 Å². The van der Waals surface area contributed by atoms with Gasteiger partial charge < -0.3 is 0 Å². The van der Waals surface area contributed by atoms with Gasteiger partial charge in [-0.05, 0) is 78.9 Å². The molecule has 0 bridgehead atoms. The van der Waals surface area contributed by atoms with Crippen molar-refractivity contribution in [2.45, 2.75) is 93.4 Å². The maximum absolute atomic E-state index is 2.51. The number of hydrogen-bond acceptors (Lipinski definition) is 0. The van der Waals surface area contributed by atoms with Crippen molar-refractivity contribution in [3.8, 4) is 0 Å². The van der Waals surface area contributed by atoms with Crippen LogP contribution in [0.25, 0.3) is 0 Å². The van der Waals surface area contributed by atoms with E-state index in [2.05, 4.69) is 48.5 Å². The molecule has 2 aliphatic carbocycles. The minimum Gasteiger partial charge on any atom is -0.0651 e. The Morgan fingerprint density at radius 1 is 0.652 bits per heavy atom. The molecule has 0 N–H and O–H groups in total. The predicted octanol–water partition coefficient (Wildman–Crippen LogP) is 7.43. The van der Waals surface area contributed by atoms with Crippen molar-refractivity contribution in [3.63, 3.8) is 0 Å². The van der Waals surface area contributed by atoms with Gasteiger partial charge in [0.25, 0.3) is 0 Å². The number of hydrogen-bond donors (Lipinski definition) is 0. The second-order valence-corrected chi connectivity index (χ2v) is 10.1. The standard InChI is InChI=1S/C23H44/c1-8-19(22-13-17(6)9-11-20(22)15(2)3)23-14-18(7)10-12-21(23)16(4)5/h15-23H,8-14H2,1-7H3. The van der Waals surface area contributed by atoms with E-state index in [0.29, 0.717) is 0 Å². The minimum atomic E-state index is 0.875. The molecule has 2 fully saturated rings. The SMILES string of the molecule is CCC(C1CC(C)CCC1C(C)C)C1CC(C)CCC1C(C)C. The summed E-state index contributed by atoms with van der Waals surface area (Å²) < 4.78 is 0. The Kier molecular flexibility index (Phi) is 7.05. The van der Waals surface area contributed by atoms with Gasteiger partial charge in [-0.15, -0.1) is 0 Å². The molecular formula is C23H44. The second-order valence-electron chi connectivity index (χ2n) is 10.1. The Morgan fingerprint density at radius 3 is 1.35 bits per heavy atom. The van der Waals surface area contributed by atoms with Gasteiger partial charge in [0.05, 0.1) is 0 Å². The molecule has 2 saturated carbocycles. The molecule has 0 nitrogen and oxygen atoms in total. The van der Waals surface area contributed by atoms with Crippen LogP contribution in [0.4, 0.5) is 0 Å². The van der Waals surface area contributed by atoms with E-state index in [-0.39, 0.29) is 0 Å². The molecule has 0 saturated heterocycles. The first-order chi connectivity index (χ1) is 10.8. The third-order valence-electron chi connectivity index (χ3n) is 7.72. The van der Waals surface area contributed by atoms with Crippen molar-refractivity contribution >= 4 is 0 Å². The van der Waals surface area contributed by atoms with E-state index in [4.69, 9.17) is 0 Å². The molecule has 2 rings (SSSR count). The van der Waals surface area contributed by atoms with E-state index < -0.39 is 0 Å². The highest BCUT2D eigenvalue weighted by Gasteiger charge is 2.42. The zero-order valence-corrected chi connectivity index (χ0v) is 17.1. The summed E-state index contributed by atoms with van der Waals surface area (Å²) >= 11 is 0. The van der Waals surface area contributed by atoms with E-state index in [1.54, 1.807) is 0 Å². The van der Waals surface area contributed by atoms with Gasteiger partial charge in [0.2, 0.25) is 0 Å². The van der Waals surface area contributed by atoms with Crippen molar-refractivity contribution in [2.24, 2.45) is 53.3 Å². The van der Waals surface area contributed by atoms with Gasteiger partial charge in [-0.25, -0.2) is 0 Å². The lowest BCUT2D eigenvalue weighted by molar-refractivity contribution is 0.00434. The molecule has 0 amide bonds.